The molecule has 4 N–H and O–H groups in total. The summed E-state index contributed by atoms with van der Waals surface area (Å²) in [5.74, 6) is -2.47. The van der Waals surface area contributed by atoms with Crippen LogP contribution in [0.5, 0.6) is 0 Å². The first kappa shape index (κ1) is 31.4. The number of ether oxygens (including phenoxy) is 2. The summed E-state index contributed by atoms with van der Waals surface area (Å²) < 4.78 is 10.1. The third kappa shape index (κ3) is 10.1. The van der Waals surface area contributed by atoms with Gasteiger partial charge in [-0.1, -0.05) is 18.2 Å². The molecule has 0 saturated carbocycles. The number of benzene rings is 1. The first-order chi connectivity index (χ1) is 17.2. The van der Waals surface area contributed by atoms with E-state index in [4.69, 9.17) is 15.2 Å². The Morgan fingerprint density at radius 3 is 2.14 bits per heavy atom. The minimum atomic E-state index is -1.36. The Balaban J connectivity index is 3.39. The summed E-state index contributed by atoms with van der Waals surface area (Å²) in [6.45, 7) is 12.3. The van der Waals surface area contributed by atoms with Crippen LogP contribution in [0.15, 0.2) is 18.2 Å². The molecule has 0 aliphatic heterocycles. The van der Waals surface area contributed by atoms with E-state index in [1.807, 2.05) is 32.0 Å². The van der Waals surface area contributed by atoms with Crippen LogP contribution >= 0.6 is 0 Å². The fourth-order valence-electron chi connectivity index (χ4n) is 3.82. The van der Waals surface area contributed by atoms with E-state index in [2.05, 4.69) is 10.6 Å². The molecule has 0 radical (unpaired) electrons. The molecule has 2 atom stereocenters. The summed E-state index contributed by atoms with van der Waals surface area (Å²) in [6, 6.07) is 3.02. The van der Waals surface area contributed by atoms with Crippen molar-refractivity contribution >= 4 is 29.8 Å². The molecule has 0 fully saturated rings. The number of amides is 4. The third-order valence-corrected chi connectivity index (χ3v) is 5.33. The van der Waals surface area contributed by atoms with Crippen molar-refractivity contribution in [2.75, 3.05) is 19.7 Å². The Labute approximate surface area is 218 Å². The van der Waals surface area contributed by atoms with Crippen molar-refractivity contribution in [2.45, 2.75) is 79.0 Å². The number of primary amides is 1. The molecule has 1 rings (SSSR count). The predicted octanol–water partition coefficient (Wildman–Crippen LogP) is 2.03. The molecule has 37 heavy (non-hydrogen) atoms. The highest BCUT2D eigenvalue weighted by atomic mass is 16.6. The van der Waals surface area contributed by atoms with Crippen LogP contribution in [0.2, 0.25) is 0 Å². The van der Waals surface area contributed by atoms with Gasteiger partial charge in [-0.3, -0.25) is 19.2 Å². The van der Waals surface area contributed by atoms with Gasteiger partial charge < -0.3 is 30.7 Å². The lowest BCUT2D eigenvalue weighted by Crippen LogP contribution is -2.54. The zero-order valence-electron chi connectivity index (χ0n) is 22.8. The monoisotopic (exact) mass is 520 g/mol. The maximum Gasteiger partial charge on any atom is 0.408 e. The lowest BCUT2D eigenvalue weighted by atomic mass is 9.93. The predicted molar refractivity (Wildman–Crippen MR) is 137 cm³/mol. The van der Waals surface area contributed by atoms with Crippen molar-refractivity contribution < 1.29 is 33.4 Å². The number of nitrogens with one attached hydrogen (secondary N) is 2. The van der Waals surface area contributed by atoms with E-state index in [-0.39, 0.29) is 26.1 Å². The topological polar surface area (TPSA) is 157 Å². The number of aryl methyl sites for hydroxylation is 2. The summed E-state index contributed by atoms with van der Waals surface area (Å²) >= 11 is 0. The summed E-state index contributed by atoms with van der Waals surface area (Å²) in [5.41, 5.74) is 6.66. The Morgan fingerprint density at radius 1 is 1.05 bits per heavy atom. The molecule has 0 aromatic heterocycles. The first-order valence-electron chi connectivity index (χ1n) is 12.3. The summed E-state index contributed by atoms with van der Waals surface area (Å²) in [4.78, 5) is 64.4. The summed E-state index contributed by atoms with van der Waals surface area (Å²) in [5, 5.41) is 5.13. The van der Waals surface area contributed by atoms with Crippen molar-refractivity contribution in [2.24, 2.45) is 5.73 Å². The Morgan fingerprint density at radius 2 is 1.65 bits per heavy atom. The van der Waals surface area contributed by atoms with Crippen molar-refractivity contribution in [1.82, 2.24) is 15.5 Å². The quantitative estimate of drug-likeness (QED) is 0.356. The van der Waals surface area contributed by atoms with Crippen LogP contribution in [0.3, 0.4) is 0 Å². The van der Waals surface area contributed by atoms with E-state index in [1.165, 1.54) is 4.90 Å². The van der Waals surface area contributed by atoms with Gasteiger partial charge in [-0.25, -0.2) is 4.79 Å². The number of nitrogens with zero attached hydrogens (tertiary/aromatic N) is 1. The average molecular weight is 521 g/mol. The van der Waals surface area contributed by atoms with Gasteiger partial charge in [0, 0.05) is 13.1 Å². The number of carbonyl (C=O) groups is 5. The summed E-state index contributed by atoms with van der Waals surface area (Å²) in [6.07, 6.45) is -1.42. The number of hydrogen-bond donors (Lipinski definition) is 3. The van der Waals surface area contributed by atoms with Gasteiger partial charge in [0.15, 0.2) is 0 Å². The molecule has 0 aliphatic rings. The van der Waals surface area contributed by atoms with Crippen molar-refractivity contribution in [3.8, 4) is 0 Å². The largest absolute Gasteiger partial charge is 0.466 e. The molecule has 4 amide bonds. The Bertz CT molecular complexity index is 967. The van der Waals surface area contributed by atoms with Crippen LogP contribution in [0.4, 0.5) is 4.79 Å². The van der Waals surface area contributed by atoms with E-state index < -0.39 is 53.9 Å². The van der Waals surface area contributed by atoms with Crippen LogP contribution in [0.1, 0.15) is 70.2 Å². The molecule has 0 saturated heterocycles. The van der Waals surface area contributed by atoms with Crippen LogP contribution in [0, 0.1) is 13.8 Å². The van der Waals surface area contributed by atoms with E-state index >= 15 is 0 Å². The lowest BCUT2D eigenvalue weighted by Gasteiger charge is -2.34. The van der Waals surface area contributed by atoms with Crippen LogP contribution in [0.25, 0.3) is 0 Å². The molecule has 0 heterocycles. The molecule has 0 spiro atoms. The lowest BCUT2D eigenvalue weighted by molar-refractivity contribution is -0.144. The minimum Gasteiger partial charge on any atom is -0.466 e. The fraction of sp³-hybridized carbons (Fsp3) is 0.577. The molecule has 1 aromatic rings. The van der Waals surface area contributed by atoms with E-state index in [1.54, 1.807) is 34.6 Å². The highest BCUT2D eigenvalue weighted by molar-refractivity contribution is 5.94. The number of hydrogen-bond acceptors (Lipinski definition) is 7. The van der Waals surface area contributed by atoms with Gasteiger partial charge in [0.05, 0.1) is 19.4 Å². The number of carbonyl (C=O) groups excluding carboxylic acids is 5. The smallest absolute Gasteiger partial charge is 0.408 e. The number of rotatable bonds is 12. The van der Waals surface area contributed by atoms with Crippen molar-refractivity contribution in [3.63, 3.8) is 0 Å². The number of likely N-dealkylation sites (N-methyl/N-ethyl adjacent to an activating group) is 1. The average Bonchev–Trinajstić information content (AvgIpc) is 2.76. The number of alkyl carbamates (subject to hydrolysis) is 1. The fourth-order valence-corrected chi connectivity index (χ4v) is 3.82. The van der Waals surface area contributed by atoms with Gasteiger partial charge in [-0.2, -0.15) is 0 Å². The van der Waals surface area contributed by atoms with Gasteiger partial charge in [-0.05, 0) is 65.2 Å². The normalized spacial score (nSPS) is 12.6. The molecule has 0 bridgehead atoms. The van der Waals surface area contributed by atoms with Crippen molar-refractivity contribution in [1.29, 1.82) is 0 Å². The minimum absolute atomic E-state index is 0.00567. The highest BCUT2D eigenvalue weighted by Crippen LogP contribution is 2.28. The zero-order valence-corrected chi connectivity index (χ0v) is 22.8. The van der Waals surface area contributed by atoms with Crippen LogP contribution < -0.4 is 16.4 Å². The molecular formula is C26H40N4O7. The van der Waals surface area contributed by atoms with Gasteiger partial charge in [0.25, 0.3) is 0 Å². The SMILES string of the molecule is CCOC(=O)CCNC(=O)C(c1c(C)cccc1C)N(CC)C(=O)C(CC(N)=O)NC(=O)OC(C)(C)C. The number of esters is 1. The second-order valence-electron chi connectivity index (χ2n) is 9.55. The third-order valence-electron chi connectivity index (χ3n) is 5.33. The second kappa shape index (κ2) is 14.2. The van der Waals surface area contributed by atoms with Gasteiger partial charge in [-0.15, -0.1) is 0 Å². The molecule has 11 nitrogen and oxygen atoms in total. The zero-order chi connectivity index (χ0) is 28.3. The highest BCUT2D eigenvalue weighted by Gasteiger charge is 2.37. The molecule has 1 aromatic carbocycles. The molecular weight excluding hydrogens is 480 g/mol. The van der Waals surface area contributed by atoms with E-state index in [0.717, 1.165) is 11.1 Å². The Hall–Kier alpha value is -3.63. The number of nitrogens with two attached hydrogens (primary N) is 1. The second-order valence-corrected chi connectivity index (χ2v) is 9.55. The maximum atomic E-state index is 13.7. The summed E-state index contributed by atoms with van der Waals surface area (Å²) in [7, 11) is 0. The van der Waals surface area contributed by atoms with Gasteiger partial charge >= 0.3 is 12.1 Å². The molecule has 206 valence electrons. The van der Waals surface area contributed by atoms with Crippen LogP contribution in [-0.2, 0) is 28.7 Å². The molecule has 2 unspecified atom stereocenters. The molecule has 0 aliphatic carbocycles. The van der Waals surface area contributed by atoms with Gasteiger partial charge in [0.1, 0.15) is 17.7 Å². The molecule has 11 heteroatoms. The Kier molecular flexibility index (Phi) is 12.0. The van der Waals surface area contributed by atoms with E-state index in [0.29, 0.717) is 5.56 Å². The first-order valence-corrected chi connectivity index (χ1v) is 12.3. The van der Waals surface area contributed by atoms with Crippen molar-refractivity contribution in [3.05, 3.63) is 34.9 Å². The van der Waals surface area contributed by atoms with Gasteiger partial charge in [0.2, 0.25) is 17.7 Å². The maximum absolute atomic E-state index is 13.7. The van der Waals surface area contributed by atoms with Crippen LogP contribution in [-0.4, -0.2) is 66.0 Å². The standard InChI is InChI=1S/C26H40N4O7/c1-8-30(24(34)18(15-19(27)31)29-25(35)37-26(5,6)7)22(21-16(3)11-10-12-17(21)4)23(33)28-14-13-20(32)36-9-2/h10-12,18,22H,8-9,13-15H2,1-7H3,(H2,27,31)(H,28,33)(H,29,35). The van der Waals surface area contributed by atoms with E-state index in [9.17, 15) is 24.0 Å².